The number of piperidine rings is 1. The quantitative estimate of drug-likeness (QED) is 0.517. The molecule has 2 aromatic carbocycles. The van der Waals surface area contributed by atoms with Gasteiger partial charge in [-0.3, -0.25) is 4.79 Å². The summed E-state index contributed by atoms with van der Waals surface area (Å²) in [6.45, 7) is 0.463. The minimum atomic E-state index is -0.784. The number of nitrogens with zero attached hydrogens (tertiary/aromatic N) is 1. The number of hydrogen-bond acceptors (Lipinski definition) is 7. The number of ether oxygens (including phenoxy) is 5. The summed E-state index contributed by atoms with van der Waals surface area (Å²) in [7, 11) is 7.87. The van der Waals surface area contributed by atoms with Crippen LogP contribution in [0.25, 0.3) is 6.08 Å². The van der Waals surface area contributed by atoms with Gasteiger partial charge in [0.25, 0.3) is 0 Å². The molecule has 2 aromatic rings. The molecule has 37 heavy (non-hydrogen) atoms. The van der Waals surface area contributed by atoms with Crippen molar-refractivity contribution in [1.29, 1.82) is 0 Å². The van der Waals surface area contributed by atoms with E-state index >= 15 is 0 Å². The van der Waals surface area contributed by atoms with E-state index in [1.54, 1.807) is 59.8 Å². The van der Waals surface area contributed by atoms with Crippen molar-refractivity contribution in [2.75, 3.05) is 42.1 Å². The maximum atomic E-state index is 13.7. The average molecular weight is 512 g/mol. The molecule has 1 saturated carbocycles. The molecule has 8 heteroatoms. The number of hydrogen-bond donors (Lipinski definition) is 1. The van der Waals surface area contributed by atoms with E-state index in [1.165, 1.54) is 0 Å². The van der Waals surface area contributed by atoms with Gasteiger partial charge in [-0.1, -0.05) is 18.9 Å². The molecule has 2 aliphatic rings. The summed E-state index contributed by atoms with van der Waals surface area (Å²) in [6.07, 6.45) is 7.52. The fraction of sp³-hybridized carbons (Fsp3) is 0.483. The monoisotopic (exact) mass is 511 g/mol. The Bertz CT molecular complexity index is 1120. The van der Waals surface area contributed by atoms with Gasteiger partial charge in [-0.15, -0.1) is 0 Å². The first-order chi connectivity index (χ1) is 17.9. The van der Waals surface area contributed by atoms with Gasteiger partial charge in [-0.25, -0.2) is 0 Å². The molecule has 4 rings (SSSR count). The third-order valence-corrected chi connectivity index (χ3v) is 7.71. The van der Waals surface area contributed by atoms with Crippen LogP contribution in [0.2, 0.25) is 0 Å². The van der Waals surface area contributed by atoms with Crippen LogP contribution in [0, 0.1) is 5.92 Å². The van der Waals surface area contributed by atoms with Crippen LogP contribution in [0.3, 0.4) is 0 Å². The Morgan fingerprint density at radius 3 is 2.19 bits per heavy atom. The van der Waals surface area contributed by atoms with Crippen molar-refractivity contribution >= 4 is 12.0 Å². The van der Waals surface area contributed by atoms with E-state index in [2.05, 4.69) is 0 Å². The maximum absolute atomic E-state index is 13.7. The number of carbonyl (C=O) groups excluding carboxylic acids is 1. The minimum Gasteiger partial charge on any atom is -0.493 e. The summed E-state index contributed by atoms with van der Waals surface area (Å²) in [4.78, 5) is 15.5. The SMILES string of the molecule is COc1ccc([C@H]2[C@@H]3CCCC[C@]3(O)CCN2C(=O)C=Cc2cc(OC)c(OC)c(OC)c2)cc1OC. The second-order valence-corrected chi connectivity index (χ2v) is 9.59. The third-order valence-electron chi connectivity index (χ3n) is 7.71. The summed E-state index contributed by atoms with van der Waals surface area (Å²) < 4.78 is 27.3. The van der Waals surface area contributed by atoms with Crippen LogP contribution < -0.4 is 23.7 Å². The molecule has 1 aliphatic carbocycles. The zero-order chi connectivity index (χ0) is 26.6. The minimum absolute atomic E-state index is 0.0633. The van der Waals surface area contributed by atoms with Crippen molar-refractivity contribution in [3.63, 3.8) is 0 Å². The van der Waals surface area contributed by atoms with Crippen molar-refractivity contribution in [3.8, 4) is 28.7 Å². The van der Waals surface area contributed by atoms with Crippen LogP contribution in [0.15, 0.2) is 36.4 Å². The van der Waals surface area contributed by atoms with Gasteiger partial charge in [0.05, 0.1) is 47.2 Å². The van der Waals surface area contributed by atoms with Gasteiger partial charge in [0.2, 0.25) is 11.7 Å². The predicted molar refractivity (Wildman–Crippen MR) is 141 cm³/mol. The second kappa shape index (κ2) is 11.3. The summed E-state index contributed by atoms with van der Waals surface area (Å²) in [6, 6.07) is 9.07. The van der Waals surface area contributed by atoms with Crippen LogP contribution in [0.4, 0.5) is 0 Å². The fourth-order valence-corrected chi connectivity index (χ4v) is 5.84. The number of amides is 1. The Hall–Kier alpha value is -3.39. The summed E-state index contributed by atoms with van der Waals surface area (Å²) in [5.74, 6) is 2.57. The van der Waals surface area contributed by atoms with E-state index in [9.17, 15) is 9.90 Å². The van der Waals surface area contributed by atoms with Gasteiger partial charge in [0, 0.05) is 18.5 Å². The standard InChI is InChI=1S/C29H37NO7/c1-33-22-11-10-20(18-23(22)34-2)27-21-8-6-7-13-29(21,32)14-15-30(27)26(31)12-9-19-16-24(35-3)28(37-5)25(17-19)36-4/h9-12,16-18,21,27,32H,6-8,13-15H2,1-5H3/t21-,27-,29-/m0/s1. The lowest BCUT2D eigenvalue weighted by atomic mass is 9.66. The van der Waals surface area contributed by atoms with Crippen molar-refractivity contribution in [2.24, 2.45) is 5.92 Å². The van der Waals surface area contributed by atoms with Crippen molar-refractivity contribution in [3.05, 3.63) is 47.5 Å². The first-order valence-electron chi connectivity index (χ1n) is 12.6. The van der Waals surface area contributed by atoms with Gasteiger partial charge < -0.3 is 33.7 Å². The molecule has 1 amide bonds. The third kappa shape index (κ3) is 5.21. The molecule has 0 radical (unpaired) electrons. The lowest BCUT2D eigenvalue weighted by Crippen LogP contribution is -2.56. The predicted octanol–water partition coefficient (Wildman–Crippen LogP) is 4.64. The highest BCUT2D eigenvalue weighted by Gasteiger charge is 2.50. The van der Waals surface area contributed by atoms with Crippen LogP contribution >= 0.6 is 0 Å². The number of likely N-dealkylation sites (tertiary alicyclic amines) is 1. The molecule has 1 saturated heterocycles. The van der Waals surface area contributed by atoms with E-state index in [-0.39, 0.29) is 17.9 Å². The van der Waals surface area contributed by atoms with Crippen LogP contribution in [0.1, 0.15) is 49.3 Å². The topological polar surface area (TPSA) is 86.7 Å². The molecule has 8 nitrogen and oxygen atoms in total. The molecule has 200 valence electrons. The molecule has 1 aliphatic heterocycles. The van der Waals surface area contributed by atoms with Gasteiger partial charge in [-0.2, -0.15) is 0 Å². The second-order valence-electron chi connectivity index (χ2n) is 9.59. The summed E-state index contributed by atoms with van der Waals surface area (Å²) in [5.41, 5.74) is 0.890. The van der Waals surface area contributed by atoms with Crippen molar-refractivity contribution < 1.29 is 33.6 Å². The number of rotatable bonds is 8. The summed E-state index contributed by atoms with van der Waals surface area (Å²) >= 11 is 0. The van der Waals surface area contributed by atoms with Crippen molar-refractivity contribution in [1.82, 2.24) is 4.90 Å². The van der Waals surface area contributed by atoms with E-state index in [4.69, 9.17) is 23.7 Å². The normalized spacial score (nSPS) is 23.4. The largest absolute Gasteiger partial charge is 0.493 e. The van der Waals surface area contributed by atoms with Crippen molar-refractivity contribution in [2.45, 2.75) is 43.7 Å². The Kier molecular flexibility index (Phi) is 8.17. The van der Waals surface area contributed by atoms with Gasteiger partial charge in [0.1, 0.15) is 0 Å². The molecule has 0 unspecified atom stereocenters. The smallest absolute Gasteiger partial charge is 0.247 e. The van der Waals surface area contributed by atoms with Crippen LogP contribution in [-0.4, -0.2) is 63.6 Å². The molecule has 1 N–H and O–H groups in total. The zero-order valence-electron chi connectivity index (χ0n) is 22.3. The number of fused-ring (bicyclic) bond motifs is 1. The molecule has 0 spiro atoms. The molecular formula is C29H37NO7. The number of carbonyl (C=O) groups is 1. The Morgan fingerprint density at radius 1 is 0.892 bits per heavy atom. The lowest BCUT2D eigenvalue weighted by Gasteiger charge is -2.52. The highest BCUT2D eigenvalue weighted by Crippen LogP contribution is 2.50. The van der Waals surface area contributed by atoms with Gasteiger partial charge in [-0.05, 0) is 60.7 Å². The summed E-state index contributed by atoms with van der Waals surface area (Å²) in [5, 5.41) is 11.6. The molecule has 3 atom stereocenters. The first kappa shape index (κ1) is 26.7. The van der Waals surface area contributed by atoms with E-state index in [1.807, 2.05) is 23.1 Å². The van der Waals surface area contributed by atoms with Crippen LogP contribution in [-0.2, 0) is 4.79 Å². The maximum Gasteiger partial charge on any atom is 0.247 e. The van der Waals surface area contributed by atoms with E-state index in [0.717, 1.165) is 36.8 Å². The Morgan fingerprint density at radius 2 is 1.57 bits per heavy atom. The molecular weight excluding hydrogens is 474 g/mol. The Balaban J connectivity index is 1.69. The number of benzene rings is 2. The molecule has 1 heterocycles. The van der Waals surface area contributed by atoms with E-state index in [0.29, 0.717) is 41.7 Å². The highest BCUT2D eigenvalue weighted by molar-refractivity contribution is 5.92. The first-order valence-corrected chi connectivity index (χ1v) is 12.6. The lowest BCUT2D eigenvalue weighted by molar-refractivity contribution is -0.150. The molecule has 0 aromatic heterocycles. The number of methoxy groups -OCH3 is 5. The molecule has 0 bridgehead atoms. The highest BCUT2D eigenvalue weighted by atomic mass is 16.5. The van der Waals surface area contributed by atoms with Gasteiger partial charge in [0.15, 0.2) is 23.0 Å². The fourth-order valence-electron chi connectivity index (χ4n) is 5.84. The van der Waals surface area contributed by atoms with Crippen LogP contribution in [0.5, 0.6) is 28.7 Å². The van der Waals surface area contributed by atoms with Gasteiger partial charge >= 0.3 is 0 Å². The molecule has 2 fully saturated rings. The average Bonchev–Trinajstić information content (AvgIpc) is 2.93. The van der Waals surface area contributed by atoms with E-state index < -0.39 is 5.60 Å². The number of aliphatic hydroxyl groups is 1. The zero-order valence-corrected chi connectivity index (χ0v) is 22.3. The Labute approximate surface area is 218 Å².